The van der Waals surface area contributed by atoms with Gasteiger partial charge in [-0.15, -0.1) is 0 Å². The summed E-state index contributed by atoms with van der Waals surface area (Å²) >= 11 is 0. The lowest BCUT2D eigenvalue weighted by Gasteiger charge is -1.91. The fraction of sp³-hybridized carbons (Fsp3) is 0. The van der Waals surface area contributed by atoms with Crippen LogP contribution in [0, 0.1) is 0 Å². The van der Waals surface area contributed by atoms with Gasteiger partial charge in [-0.2, -0.15) is 0 Å². The molecule has 0 atom stereocenters. The Labute approximate surface area is 51.5 Å². The number of hydrogen-bond donors (Lipinski definition) is 4. The van der Waals surface area contributed by atoms with Gasteiger partial charge in [-0.1, -0.05) is 0 Å². The van der Waals surface area contributed by atoms with E-state index in [-0.39, 0.29) is 12.6 Å². The Balaban J connectivity index is 0. The summed E-state index contributed by atoms with van der Waals surface area (Å²) in [5.74, 6) is 0. The zero-order valence-corrected chi connectivity index (χ0v) is 5.26. The van der Waals surface area contributed by atoms with Crippen molar-refractivity contribution in [2.24, 2.45) is 0 Å². The quantitative estimate of drug-likeness (QED) is 0.179. The maximum Gasteiger partial charge on any atom is 0.668 e. The third-order valence-electron chi connectivity index (χ3n) is 0.0556. The fourth-order valence-corrected chi connectivity index (χ4v) is 0. The van der Waals surface area contributed by atoms with Crippen molar-refractivity contribution in [3.8, 4) is 0 Å². The molecule has 0 aliphatic carbocycles. The fourth-order valence-electron chi connectivity index (χ4n) is 0. The van der Waals surface area contributed by atoms with E-state index in [0.717, 1.165) is 0 Å². The highest BCUT2D eigenvalue weighted by Crippen LogP contribution is 1.67. The van der Waals surface area contributed by atoms with E-state index < -0.39 is 9.05 Å². The highest BCUT2D eigenvalue weighted by Gasteiger charge is 2.22. The Bertz CT molecular complexity index is 71.5. The van der Waals surface area contributed by atoms with Gasteiger partial charge < -0.3 is 19.2 Å². The highest BCUT2D eigenvalue weighted by molar-refractivity contribution is 6.46. The van der Waals surface area contributed by atoms with Gasteiger partial charge in [0.15, 0.2) is 12.6 Å². The molecular formula is C2H6O6Si. The molecule has 0 aromatic carbocycles. The predicted octanol–water partition coefficient (Wildman–Crippen LogP) is -3.22. The second-order valence-electron chi connectivity index (χ2n) is 0.872. The van der Waals surface area contributed by atoms with Crippen LogP contribution in [-0.4, -0.2) is 40.8 Å². The van der Waals surface area contributed by atoms with Gasteiger partial charge in [0.25, 0.3) is 0 Å². The van der Waals surface area contributed by atoms with Crippen LogP contribution in [-0.2, 0) is 9.59 Å². The molecule has 4 N–H and O–H groups in total. The number of hydrogen-bond acceptors (Lipinski definition) is 6. The first-order valence-electron chi connectivity index (χ1n) is 1.70. The SMILES string of the molecule is O=CC=O.O[Si](O)(O)O. The summed E-state index contributed by atoms with van der Waals surface area (Å²) in [7, 11) is -4.61. The van der Waals surface area contributed by atoms with Crippen LogP contribution in [0.2, 0.25) is 0 Å². The van der Waals surface area contributed by atoms with E-state index in [9.17, 15) is 0 Å². The topological polar surface area (TPSA) is 115 Å². The zero-order chi connectivity index (χ0) is 7.91. The van der Waals surface area contributed by atoms with Gasteiger partial charge in [0.05, 0.1) is 0 Å². The van der Waals surface area contributed by atoms with Crippen molar-refractivity contribution in [1.29, 1.82) is 0 Å². The molecule has 54 valence electrons. The smallest absolute Gasteiger partial charge is 0.368 e. The molecule has 0 spiro atoms. The van der Waals surface area contributed by atoms with Gasteiger partial charge >= 0.3 is 9.05 Å². The van der Waals surface area contributed by atoms with Crippen molar-refractivity contribution in [2.75, 3.05) is 0 Å². The summed E-state index contributed by atoms with van der Waals surface area (Å²) in [6, 6.07) is 0. The van der Waals surface area contributed by atoms with Crippen LogP contribution in [0.5, 0.6) is 0 Å². The minimum atomic E-state index is -4.61. The Kier molecular flexibility index (Phi) is 6.90. The molecule has 0 aliphatic heterocycles. The third kappa shape index (κ3) is 1370. The number of carbonyl (C=O) groups is 2. The Morgan fingerprint density at radius 2 is 1.00 bits per heavy atom. The van der Waals surface area contributed by atoms with Gasteiger partial charge in [-0.05, 0) is 0 Å². The predicted molar refractivity (Wildman–Crippen MR) is 26.8 cm³/mol. The van der Waals surface area contributed by atoms with Crippen LogP contribution >= 0.6 is 0 Å². The standard InChI is InChI=1S/C2H2O2.H4O4Si/c3-1-2-4;1-5(2,3)4/h1-2H;1-4H. The van der Waals surface area contributed by atoms with Crippen molar-refractivity contribution in [3.63, 3.8) is 0 Å². The van der Waals surface area contributed by atoms with Crippen molar-refractivity contribution >= 4 is 21.6 Å². The van der Waals surface area contributed by atoms with Crippen molar-refractivity contribution in [1.82, 2.24) is 0 Å². The molecule has 0 radical (unpaired) electrons. The molecular weight excluding hydrogens is 148 g/mol. The molecule has 0 fully saturated rings. The first kappa shape index (κ1) is 11.2. The Hall–Kier alpha value is -0.603. The third-order valence-corrected chi connectivity index (χ3v) is 0.0556. The summed E-state index contributed by atoms with van der Waals surface area (Å²) in [6.07, 6.45) is 0.389. The van der Waals surface area contributed by atoms with Gasteiger partial charge in [0.1, 0.15) is 0 Å². The molecule has 0 rings (SSSR count). The van der Waals surface area contributed by atoms with Crippen molar-refractivity contribution in [2.45, 2.75) is 0 Å². The maximum atomic E-state index is 8.81. The highest BCUT2D eigenvalue weighted by atomic mass is 28.4. The summed E-state index contributed by atoms with van der Waals surface area (Å²) < 4.78 is 0. The average Bonchev–Trinajstić information content (AvgIpc) is 1.61. The van der Waals surface area contributed by atoms with Crippen molar-refractivity contribution in [3.05, 3.63) is 0 Å². The van der Waals surface area contributed by atoms with Crippen LogP contribution < -0.4 is 0 Å². The van der Waals surface area contributed by atoms with E-state index in [2.05, 4.69) is 0 Å². The molecule has 7 heteroatoms. The lowest BCUT2D eigenvalue weighted by atomic mass is 10.9. The molecule has 0 unspecified atom stereocenters. The molecule has 0 aliphatic rings. The van der Waals surface area contributed by atoms with E-state index in [1.807, 2.05) is 0 Å². The number of rotatable bonds is 1. The molecule has 0 saturated carbocycles. The number of carbonyl (C=O) groups excluding carboxylic acids is 2. The molecule has 0 heterocycles. The summed E-state index contributed by atoms with van der Waals surface area (Å²) in [5.41, 5.74) is 0. The molecule has 6 nitrogen and oxygen atoms in total. The van der Waals surface area contributed by atoms with Crippen LogP contribution in [0.3, 0.4) is 0 Å². The normalized spacial score (nSPS) is 8.89. The van der Waals surface area contributed by atoms with E-state index in [1.54, 1.807) is 0 Å². The van der Waals surface area contributed by atoms with Crippen LogP contribution in [0.1, 0.15) is 0 Å². The summed E-state index contributed by atoms with van der Waals surface area (Å²) in [6.45, 7) is 0. The molecule has 0 amide bonds. The van der Waals surface area contributed by atoms with Crippen molar-refractivity contribution < 1.29 is 28.8 Å². The number of aldehydes is 2. The minimum absolute atomic E-state index is 0.194. The second kappa shape index (κ2) is 5.53. The molecule has 0 bridgehead atoms. The maximum absolute atomic E-state index is 8.81. The second-order valence-corrected chi connectivity index (χ2v) is 2.07. The Morgan fingerprint density at radius 1 is 0.889 bits per heavy atom. The van der Waals surface area contributed by atoms with Gasteiger partial charge in [-0.3, -0.25) is 9.59 Å². The van der Waals surface area contributed by atoms with Crippen LogP contribution in [0.15, 0.2) is 0 Å². The lowest BCUT2D eigenvalue weighted by Crippen LogP contribution is -2.33. The zero-order valence-electron chi connectivity index (χ0n) is 4.26. The molecule has 0 aromatic rings. The molecule has 0 aromatic heterocycles. The van der Waals surface area contributed by atoms with Crippen LogP contribution in [0.4, 0.5) is 0 Å². The van der Waals surface area contributed by atoms with Gasteiger partial charge in [0, 0.05) is 0 Å². The summed E-state index contributed by atoms with van der Waals surface area (Å²) in [4.78, 5) is 46.9. The van der Waals surface area contributed by atoms with Gasteiger partial charge in [0.2, 0.25) is 0 Å². The van der Waals surface area contributed by atoms with E-state index in [0.29, 0.717) is 0 Å². The summed E-state index contributed by atoms with van der Waals surface area (Å²) in [5, 5.41) is 0. The Morgan fingerprint density at radius 3 is 1.00 bits per heavy atom. The van der Waals surface area contributed by atoms with Gasteiger partial charge in [-0.25, -0.2) is 0 Å². The largest absolute Gasteiger partial charge is 0.668 e. The first-order chi connectivity index (χ1) is 3.91. The van der Waals surface area contributed by atoms with E-state index >= 15 is 0 Å². The lowest BCUT2D eigenvalue weighted by molar-refractivity contribution is -0.122. The first-order valence-corrected chi connectivity index (χ1v) is 3.49. The molecule has 0 saturated heterocycles. The molecule has 9 heavy (non-hydrogen) atoms. The van der Waals surface area contributed by atoms with E-state index in [1.165, 1.54) is 0 Å². The van der Waals surface area contributed by atoms with Crippen LogP contribution in [0.25, 0.3) is 0 Å². The average molecular weight is 154 g/mol. The monoisotopic (exact) mass is 154 g/mol. The minimum Gasteiger partial charge on any atom is -0.368 e. The van der Waals surface area contributed by atoms with E-state index in [4.69, 9.17) is 28.8 Å².